The molecule has 142 valence electrons. The van der Waals surface area contributed by atoms with Crippen LogP contribution in [0.1, 0.15) is 31.2 Å². The van der Waals surface area contributed by atoms with E-state index in [2.05, 4.69) is 0 Å². The van der Waals surface area contributed by atoms with Crippen molar-refractivity contribution in [3.8, 4) is 5.75 Å². The maximum Gasteiger partial charge on any atom is 0.225 e. The van der Waals surface area contributed by atoms with E-state index in [1.807, 2.05) is 29.2 Å². The Labute approximate surface area is 155 Å². The number of carbonyl (C=O) groups excluding carboxylic acids is 1. The van der Waals surface area contributed by atoms with E-state index in [0.29, 0.717) is 32.6 Å². The summed E-state index contributed by atoms with van der Waals surface area (Å²) in [6.45, 7) is 2.20. The molecule has 0 unspecified atom stereocenters. The summed E-state index contributed by atoms with van der Waals surface area (Å²) >= 11 is 0. The summed E-state index contributed by atoms with van der Waals surface area (Å²) in [7, 11) is -1.72. The topological polar surface area (TPSA) is 66.9 Å². The quantitative estimate of drug-likeness (QED) is 0.802. The molecule has 1 saturated carbocycles. The summed E-state index contributed by atoms with van der Waals surface area (Å²) in [5, 5.41) is -0.356. The SMILES string of the molecule is COc1cccc(CN2C[C@H]3CCN(C(=O)C4CC4)CC[C@H]3S2(=O)=O)c1. The smallest absolute Gasteiger partial charge is 0.225 e. The van der Waals surface area contributed by atoms with Crippen molar-refractivity contribution >= 4 is 15.9 Å². The molecule has 6 nitrogen and oxygen atoms in total. The van der Waals surface area contributed by atoms with Gasteiger partial charge in [0.15, 0.2) is 0 Å². The number of carbonyl (C=O) groups is 1. The highest BCUT2D eigenvalue weighted by atomic mass is 32.2. The number of rotatable bonds is 4. The molecule has 1 aromatic carbocycles. The van der Waals surface area contributed by atoms with Gasteiger partial charge in [-0.25, -0.2) is 8.42 Å². The molecule has 1 aliphatic carbocycles. The lowest BCUT2D eigenvalue weighted by atomic mass is 10.0. The van der Waals surface area contributed by atoms with E-state index in [-0.39, 0.29) is 23.0 Å². The predicted molar refractivity (Wildman–Crippen MR) is 98.1 cm³/mol. The van der Waals surface area contributed by atoms with Gasteiger partial charge in [0.25, 0.3) is 0 Å². The Balaban J connectivity index is 1.46. The Kier molecular flexibility index (Phi) is 4.69. The van der Waals surface area contributed by atoms with Crippen LogP contribution in [0.2, 0.25) is 0 Å². The van der Waals surface area contributed by atoms with Crippen LogP contribution < -0.4 is 4.74 Å². The summed E-state index contributed by atoms with van der Waals surface area (Å²) in [6.07, 6.45) is 3.32. The van der Waals surface area contributed by atoms with Gasteiger partial charge in [-0.15, -0.1) is 0 Å². The highest BCUT2D eigenvalue weighted by molar-refractivity contribution is 7.90. The van der Waals surface area contributed by atoms with Gasteiger partial charge in [-0.2, -0.15) is 4.31 Å². The minimum atomic E-state index is -3.33. The van der Waals surface area contributed by atoms with Gasteiger partial charge in [0, 0.05) is 32.1 Å². The first-order chi connectivity index (χ1) is 12.5. The van der Waals surface area contributed by atoms with Crippen LogP contribution in [0, 0.1) is 11.8 Å². The first-order valence-corrected chi connectivity index (χ1v) is 10.9. The van der Waals surface area contributed by atoms with Crippen molar-refractivity contribution in [2.75, 3.05) is 26.7 Å². The van der Waals surface area contributed by atoms with Crippen LogP contribution in [0.3, 0.4) is 0 Å². The second-order valence-corrected chi connectivity index (χ2v) is 9.82. The molecule has 3 fully saturated rings. The number of sulfonamides is 1. The molecule has 1 aromatic rings. The number of methoxy groups -OCH3 is 1. The normalized spacial score (nSPS) is 28.4. The molecule has 0 radical (unpaired) electrons. The first-order valence-electron chi connectivity index (χ1n) is 9.39. The Morgan fingerprint density at radius 1 is 1.19 bits per heavy atom. The third kappa shape index (κ3) is 3.34. The van der Waals surface area contributed by atoms with Gasteiger partial charge in [-0.3, -0.25) is 4.79 Å². The Morgan fingerprint density at radius 3 is 2.69 bits per heavy atom. The van der Waals surface area contributed by atoms with Crippen molar-refractivity contribution in [3.63, 3.8) is 0 Å². The molecular weight excluding hydrogens is 352 g/mol. The zero-order chi connectivity index (χ0) is 18.3. The third-order valence-electron chi connectivity index (χ3n) is 5.89. The van der Waals surface area contributed by atoms with Crippen molar-refractivity contribution < 1.29 is 17.9 Å². The average molecular weight is 378 g/mol. The summed E-state index contributed by atoms with van der Waals surface area (Å²) in [5.41, 5.74) is 0.940. The summed E-state index contributed by atoms with van der Waals surface area (Å²) in [6, 6.07) is 7.57. The average Bonchev–Trinajstić information content (AvgIpc) is 3.45. The lowest BCUT2D eigenvalue weighted by Crippen LogP contribution is -2.35. The van der Waals surface area contributed by atoms with Crippen LogP contribution in [0.25, 0.3) is 0 Å². The molecule has 4 rings (SSSR count). The second kappa shape index (κ2) is 6.85. The molecule has 0 N–H and O–H groups in total. The highest BCUT2D eigenvalue weighted by Gasteiger charge is 2.47. The number of benzene rings is 1. The van der Waals surface area contributed by atoms with Gasteiger partial charge in [0.05, 0.1) is 12.4 Å². The van der Waals surface area contributed by atoms with E-state index >= 15 is 0 Å². The van der Waals surface area contributed by atoms with Gasteiger partial charge in [0.1, 0.15) is 5.75 Å². The number of hydrogen-bond acceptors (Lipinski definition) is 4. The van der Waals surface area contributed by atoms with E-state index in [1.165, 1.54) is 0 Å². The Morgan fingerprint density at radius 2 is 1.96 bits per heavy atom. The Hall–Kier alpha value is -1.60. The second-order valence-electron chi connectivity index (χ2n) is 7.66. The molecule has 1 amide bonds. The van der Waals surface area contributed by atoms with Crippen molar-refractivity contribution in [2.45, 2.75) is 37.5 Å². The van der Waals surface area contributed by atoms with E-state index < -0.39 is 10.0 Å². The molecule has 0 spiro atoms. The number of ether oxygens (including phenoxy) is 1. The standard InChI is InChI=1S/C19H26N2O4S/c1-25-17-4-2-3-14(11-17)12-21-13-16-7-9-20(19(22)15-5-6-15)10-8-18(16)26(21,23)24/h2-4,11,15-16,18H,5-10,12-13H2,1H3/t16-,18-/m1/s1. The molecule has 26 heavy (non-hydrogen) atoms. The number of likely N-dealkylation sites (tertiary alicyclic amines) is 1. The number of nitrogens with zero attached hydrogens (tertiary/aromatic N) is 2. The van der Waals surface area contributed by atoms with Crippen LogP contribution in [-0.2, 0) is 21.4 Å². The van der Waals surface area contributed by atoms with Crippen LogP contribution >= 0.6 is 0 Å². The largest absolute Gasteiger partial charge is 0.497 e. The van der Waals surface area contributed by atoms with Crippen LogP contribution in [-0.4, -0.2) is 55.5 Å². The molecule has 0 aromatic heterocycles. The van der Waals surface area contributed by atoms with Crippen molar-refractivity contribution in [3.05, 3.63) is 29.8 Å². The van der Waals surface area contributed by atoms with E-state index in [4.69, 9.17) is 4.74 Å². The zero-order valence-electron chi connectivity index (χ0n) is 15.1. The highest BCUT2D eigenvalue weighted by Crippen LogP contribution is 2.37. The number of fused-ring (bicyclic) bond motifs is 1. The fraction of sp³-hybridized carbons (Fsp3) is 0.632. The van der Waals surface area contributed by atoms with Crippen LogP contribution in [0.5, 0.6) is 5.75 Å². The number of amides is 1. The van der Waals surface area contributed by atoms with Crippen molar-refractivity contribution in [2.24, 2.45) is 11.8 Å². The molecule has 3 aliphatic rings. The maximum atomic E-state index is 13.1. The molecule has 2 atom stereocenters. The van der Waals surface area contributed by atoms with Crippen molar-refractivity contribution in [1.29, 1.82) is 0 Å². The summed E-state index contributed by atoms with van der Waals surface area (Å²) < 4.78 is 33.0. The molecule has 0 bridgehead atoms. The first kappa shape index (κ1) is 17.8. The van der Waals surface area contributed by atoms with E-state index in [1.54, 1.807) is 11.4 Å². The third-order valence-corrected chi connectivity index (χ3v) is 8.27. The van der Waals surface area contributed by atoms with Gasteiger partial charge in [0.2, 0.25) is 15.9 Å². The predicted octanol–water partition coefficient (Wildman–Crippen LogP) is 1.86. The molecule has 7 heteroatoms. The van der Waals surface area contributed by atoms with Gasteiger partial charge >= 0.3 is 0 Å². The van der Waals surface area contributed by atoms with Gasteiger partial charge < -0.3 is 9.64 Å². The van der Waals surface area contributed by atoms with Gasteiger partial charge in [-0.1, -0.05) is 12.1 Å². The molecule has 2 saturated heterocycles. The fourth-order valence-corrected chi connectivity index (χ4v) is 6.46. The van der Waals surface area contributed by atoms with Crippen molar-refractivity contribution in [1.82, 2.24) is 9.21 Å². The lowest BCUT2D eigenvalue weighted by Gasteiger charge is -2.22. The molecular formula is C19H26N2O4S. The summed E-state index contributed by atoms with van der Waals surface area (Å²) in [5.74, 6) is 1.29. The van der Waals surface area contributed by atoms with Gasteiger partial charge in [-0.05, 0) is 49.3 Å². The monoisotopic (exact) mass is 378 g/mol. The maximum absolute atomic E-state index is 13.1. The van der Waals surface area contributed by atoms with E-state index in [0.717, 1.165) is 30.6 Å². The minimum Gasteiger partial charge on any atom is -0.497 e. The summed E-state index contributed by atoms with van der Waals surface area (Å²) in [4.78, 5) is 14.2. The van der Waals surface area contributed by atoms with Crippen LogP contribution in [0.15, 0.2) is 24.3 Å². The van der Waals surface area contributed by atoms with E-state index in [9.17, 15) is 13.2 Å². The fourth-order valence-electron chi connectivity index (χ4n) is 4.23. The lowest BCUT2D eigenvalue weighted by molar-refractivity contribution is -0.132. The molecule has 2 aliphatic heterocycles. The minimum absolute atomic E-state index is 0.114. The molecule has 2 heterocycles. The van der Waals surface area contributed by atoms with Crippen LogP contribution in [0.4, 0.5) is 0 Å². The number of hydrogen-bond donors (Lipinski definition) is 0. The zero-order valence-corrected chi connectivity index (χ0v) is 16.0. The Bertz CT molecular complexity index is 790.